The van der Waals surface area contributed by atoms with Crippen molar-refractivity contribution < 1.29 is 23.8 Å². The lowest BCUT2D eigenvalue weighted by atomic mass is 10.1. The molecule has 0 bridgehead atoms. The first-order valence-electron chi connectivity index (χ1n) is 7.24. The van der Waals surface area contributed by atoms with E-state index >= 15 is 0 Å². The highest BCUT2D eigenvalue weighted by molar-refractivity contribution is 6.03. The van der Waals surface area contributed by atoms with Crippen LogP contribution in [0.2, 0.25) is 0 Å². The average Bonchev–Trinajstić information content (AvgIpc) is 3.21. The van der Waals surface area contributed by atoms with Crippen LogP contribution in [0.5, 0.6) is 0 Å². The number of esters is 2. The summed E-state index contributed by atoms with van der Waals surface area (Å²) >= 11 is 0. The summed E-state index contributed by atoms with van der Waals surface area (Å²) in [6.45, 7) is 0.0560. The summed E-state index contributed by atoms with van der Waals surface area (Å²) in [5, 5.41) is 11.4. The number of methoxy groups -OCH3 is 2. The third-order valence-corrected chi connectivity index (χ3v) is 3.57. The molecule has 1 aliphatic heterocycles. The molecule has 10 nitrogen and oxygen atoms in total. The number of hydrogen-bond donors (Lipinski definition) is 0. The van der Waals surface area contributed by atoms with Gasteiger partial charge in [-0.3, -0.25) is 0 Å². The lowest BCUT2D eigenvalue weighted by Gasteiger charge is -2.31. The van der Waals surface area contributed by atoms with Gasteiger partial charge in [0.25, 0.3) is 0 Å². The van der Waals surface area contributed by atoms with Crippen LogP contribution in [0, 0.1) is 0 Å². The number of carbonyl (C=O) groups excluding carboxylic acids is 2. The van der Waals surface area contributed by atoms with E-state index < -0.39 is 11.9 Å². The van der Waals surface area contributed by atoms with Crippen molar-refractivity contribution in [1.29, 1.82) is 0 Å². The van der Waals surface area contributed by atoms with E-state index in [1.165, 1.54) is 25.3 Å². The topological polar surface area (TPSA) is 109 Å². The quantitative estimate of drug-likeness (QED) is 0.710. The highest BCUT2D eigenvalue weighted by Crippen LogP contribution is 2.27. The molecule has 0 radical (unpaired) electrons. The molecular formula is C15H15N5O5. The van der Waals surface area contributed by atoms with E-state index in [4.69, 9.17) is 14.2 Å². The number of nitrogens with zero attached hydrogens (tertiary/aromatic N) is 5. The molecule has 2 aromatic rings. The lowest BCUT2D eigenvalue weighted by molar-refractivity contribution is -0.140. The molecule has 10 heteroatoms. The molecule has 3 rings (SSSR count). The molecule has 25 heavy (non-hydrogen) atoms. The number of carbonyl (C=O) groups is 2. The van der Waals surface area contributed by atoms with E-state index in [1.807, 2.05) is 0 Å². The Balaban J connectivity index is 1.99. The lowest BCUT2D eigenvalue weighted by Crippen LogP contribution is -2.38. The van der Waals surface area contributed by atoms with Crippen LogP contribution < -0.4 is 4.90 Å². The van der Waals surface area contributed by atoms with Crippen LogP contribution in [0.3, 0.4) is 0 Å². The summed E-state index contributed by atoms with van der Waals surface area (Å²) in [4.78, 5) is 27.1. The molecule has 0 saturated heterocycles. The third kappa shape index (κ3) is 3.19. The molecule has 0 fully saturated rings. The van der Waals surface area contributed by atoms with Crippen molar-refractivity contribution in [3.05, 3.63) is 41.9 Å². The first kappa shape index (κ1) is 16.6. The van der Waals surface area contributed by atoms with E-state index in [2.05, 4.69) is 15.4 Å². The number of ether oxygens (including phenoxy) is 3. The minimum atomic E-state index is -0.647. The van der Waals surface area contributed by atoms with Gasteiger partial charge in [-0.15, -0.1) is 15.0 Å². The summed E-state index contributed by atoms with van der Waals surface area (Å²) in [5.41, 5.74) is 1.51. The van der Waals surface area contributed by atoms with Gasteiger partial charge in [0.15, 0.2) is 6.33 Å². The average molecular weight is 345 g/mol. The van der Waals surface area contributed by atoms with Gasteiger partial charge in [-0.05, 0) is 29.5 Å². The predicted octanol–water partition coefficient (Wildman–Crippen LogP) is 0.0565. The van der Waals surface area contributed by atoms with E-state index in [-0.39, 0.29) is 24.6 Å². The van der Waals surface area contributed by atoms with Crippen LogP contribution in [0.25, 0.3) is 5.69 Å². The van der Waals surface area contributed by atoms with Crippen molar-refractivity contribution >= 4 is 17.6 Å². The monoisotopic (exact) mass is 345 g/mol. The van der Waals surface area contributed by atoms with Gasteiger partial charge in [0, 0.05) is 5.69 Å². The SMILES string of the molecule is COC(=O)C1=C(C(=O)OC)N(c2ccc(-n3ncnn3)cc2)COC1. The minimum Gasteiger partial charge on any atom is -0.466 e. The van der Waals surface area contributed by atoms with Gasteiger partial charge in [0.05, 0.1) is 32.1 Å². The Hall–Kier alpha value is -3.27. The van der Waals surface area contributed by atoms with Crippen molar-refractivity contribution in [1.82, 2.24) is 20.2 Å². The summed E-state index contributed by atoms with van der Waals surface area (Å²) in [5.74, 6) is -1.29. The molecule has 1 aromatic carbocycles. The number of aromatic nitrogens is 4. The Morgan fingerprint density at radius 2 is 1.76 bits per heavy atom. The molecule has 2 heterocycles. The van der Waals surface area contributed by atoms with Gasteiger partial charge < -0.3 is 19.1 Å². The van der Waals surface area contributed by atoms with Gasteiger partial charge in [-0.2, -0.15) is 0 Å². The minimum absolute atomic E-state index is 0.0332. The van der Waals surface area contributed by atoms with Gasteiger partial charge >= 0.3 is 11.9 Å². The van der Waals surface area contributed by atoms with Crippen molar-refractivity contribution in [2.45, 2.75) is 0 Å². The van der Waals surface area contributed by atoms with Gasteiger partial charge in [0.1, 0.15) is 12.4 Å². The van der Waals surface area contributed by atoms with Crippen LogP contribution in [0.4, 0.5) is 5.69 Å². The number of rotatable bonds is 4. The van der Waals surface area contributed by atoms with Crippen LogP contribution in [0.1, 0.15) is 0 Å². The maximum atomic E-state index is 12.2. The Morgan fingerprint density at radius 1 is 1.08 bits per heavy atom. The number of benzene rings is 1. The standard InChI is InChI=1S/C15H15N5O5/c1-23-14(21)12-7-25-9-19(13(12)15(22)24-2)10-3-5-11(6-4-10)20-17-8-16-18-20/h3-6,8H,7,9H2,1-2H3. The maximum Gasteiger partial charge on any atom is 0.355 e. The van der Waals surface area contributed by atoms with Gasteiger partial charge in [-0.25, -0.2) is 9.59 Å². The highest BCUT2D eigenvalue weighted by atomic mass is 16.5. The first-order chi connectivity index (χ1) is 12.2. The van der Waals surface area contributed by atoms with Crippen molar-refractivity contribution in [2.24, 2.45) is 0 Å². The zero-order valence-corrected chi connectivity index (χ0v) is 13.6. The fourth-order valence-corrected chi connectivity index (χ4v) is 2.40. The molecule has 1 aromatic heterocycles. The van der Waals surface area contributed by atoms with Crippen LogP contribution in [0.15, 0.2) is 41.9 Å². The van der Waals surface area contributed by atoms with E-state index in [0.29, 0.717) is 11.4 Å². The Kier molecular flexibility index (Phi) is 4.70. The van der Waals surface area contributed by atoms with Crippen molar-refractivity contribution in [2.75, 3.05) is 32.5 Å². The number of tetrazole rings is 1. The van der Waals surface area contributed by atoms with Gasteiger partial charge in [0.2, 0.25) is 0 Å². The second-order valence-corrected chi connectivity index (χ2v) is 4.96. The molecule has 130 valence electrons. The molecule has 0 N–H and O–H groups in total. The zero-order chi connectivity index (χ0) is 17.8. The Labute approximate surface area is 142 Å². The molecule has 0 aliphatic carbocycles. The summed E-state index contributed by atoms with van der Waals surface area (Å²) in [6, 6.07) is 6.98. The predicted molar refractivity (Wildman–Crippen MR) is 83.5 cm³/mol. The summed E-state index contributed by atoms with van der Waals surface area (Å²) in [6.07, 6.45) is 1.33. The summed E-state index contributed by atoms with van der Waals surface area (Å²) < 4.78 is 15.0. The Morgan fingerprint density at radius 3 is 2.36 bits per heavy atom. The number of anilines is 1. The zero-order valence-electron chi connectivity index (χ0n) is 13.6. The molecular weight excluding hydrogens is 330 g/mol. The van der Waals surface area contributed by atoms with E-state index in [1.54, 1.807) is 29.2 Å². The second kappa shape index (κ2) is 7.09. The maximum absolute atomic E-state index is 12.2. The molecule has 1 aliphatic rings. The second-order valence-electron chi connectivity index (χ2n) is 4.96. The van der Waals surface area contributed by atoms with E-state index in [9.17, 15) is 9.59 Å². The molecule has 0 atom stereocenters. The largest absolute Gasteiger partial charge is 0.466 e. The fourth-order valence-electron chi connectivity index (χ4n) is 2.40. The van der Waals surface area contributed by atoms with Crippen molar-refractivity contribution in [3.8, 4) is 5.69 Å². The normalized spacial score (nSPS) is 14.4. The fraction of sp³-hybridized carbons (Fsp3) is 0.267. The van der Waals surface area contributed by atoms with Crippen LogP contribution in [-0.4, -0.2) is 59.7 Å². The van der Waals surface area contributed by atoms with Crippen LogP contribution >= 0.6 is 0 Å². The van der Waals surface area contributed by atoms with Crippen molar-refractivity contribution in [3.63, 3.8) is 0 Å². The highest BCUT2D eigenvalue weighted by Gasteiger charge is 2.32. The molecule has 0 unspecified atom stereocenters. The Bertz CT molecular complexity index is 800. The van der Waals surface area contributed by atoms with Gasteiger partial charge in [-0.1, -0.05) is 0 Å². The third-order valence-electron chi connectivity index (χ3n) is 3.57. The number of hydrogen-bond acceptors (Lipinski definition) is 9. The molecule has 0 spiro atoms. The summed E-state index contributed by atoms with van der Waals surface area (Å²) in [7, 11) is 2.49. The molecule has 0 saturated carbocycles. The molecule has 0 amide bonds. The van der Waals surface area contributed by atoms with Crippen LogP contribution in [-0.2, 0) is 23.8 Å². The van der Waals surface area contributed by atoms with E-state index in [0.717, 1.165) is 0 Å². The first-order valence-corrected chi connectivity index (χ1v) is 7.24. The smallest absolute Gasteiger partial charge is 0.355 e.